The zero-order valence-corrected chi connectivity index (χ0v) is 28.6. The van der Waals surface area contributed by atoms with Gasteiger partial charge in [-0.15, -0.1) is 26.3 Å². The number of rotatable bonds is 8. The molecule has 3 aromatic rings. The number of fused-ring (bicyclic) bond motifs is 1. The van der Waals surface area contributed by atoms with E-state index in [2.05, 4.69) is 46.7 Å². The number of anilines is 1. The van der Waals surface area contributed by atoms with Gasteiger partial charge in [0.25, 0.3) is 0 Å². The van der Waals surface area contributed by atoms with Crippen LogP contribution in [0, 0.1) is 5.92 Å². The molecule has 15 heteroatoms. The van der Waals surface area contributed by atoms with Gasteiger partial charge in [0.1, 0.15) is 17.3 Å². The molecule has 0 radical (unpaired) electrons. The topological polar surface area (TPSA) is 75.4 Å². The minimum Gasteiger partial charge on any atom is -0.405 e. The van der Waals surface area contributed by atoms with E-state index in [0.717, 1.165) is 17.1 Å². The number of ether oxygens (including phenoxy) is 2. The Morgan fingerprint density at radius 2 is 1.34 bits per heavy atom. The summed E-state index contributed by atoms with van der Waals surface area (Å²) in [6, 6.07) is 16.2. The average molecular weight is 793 g/mol. The predicted molar refractivity (Wildman–Crippen MR) is 174 cm³/mol. The van der Waals surface area contributed by atoms with Crippen LogP contribution < -0.4 is 20.5 Å². The molecule has 0 saturated heterocycles. The zero-order chi connectivity index (χ0) is 34.1. The lowest BCUT2D eigenvalue weighted by Gasteiger charge is -2.45. The Hall–Kier alpha value is -3.01. The second-order valence-corrected chi connectivity index (χ2v) is 13.7. The maximum atomic E-state index is 13.4. The van der Waals surface area contributed by atoms with Crippen molar-refractivity contribution in [2.24, 2.45) is 16.6 Å². The number of nitrogens with one attached hydrogen (secondary N) is 1. The maximum Gasteiger partial charge on any atom is 0.573 e. The van der Waals surface area contributed by atoms with Crippen LogP contribution in [0.3, 0.4) is 0 Å². The van der Waals surface area contributed by atoms with Gasteiger partial charge in [0.2, 0.25) is 0 Å². The van der Waals surface area contributed by atoms with Crippen LogP contribution in [-0.4, -0.2) is 54.3 Å². The third-order valence-corrected chi connectivity index (χ3v) is 9.30. The average Bonchev–Trinajstić information content (AvgIpc) is 2.97. The van der Waals surface area contributed by atoms with Crippen LogP contribution in [0.5, 0.6) is 11.5 Å². The van der Waals surface area contributed by atoms with Gasteiger partial charge >= 0.3 is 12.7 Å². The Labute approximate surface area is 285 Å². The third kappa shape index (κ3) is 8.92. The molecule has 7 nitrogen and oxygen atoms in total. The Morgan fingerprint density at radius 3 is 1.83 bits per heavy atom. The van der Waals surface area contributed by atoms with Crippen molar-refractivity contribution in [1.29, 1.82) is 0 Å². The van der Waals surface area contributed by atoms with Gasteiger partial charge in [-0.1, -0.05) is 56.1 Å². The summed E-state index contributed by atoms with van der Waals surface area (Å²) in [5, 5.41) is 3.42. The van der Waals surface area contributed by atoms with Gasteiger partial charge in [-0.2, -0.15) is 0 Å². The summed E-state index contributed by atoms with van der Waals surface area (Å²) in [6.07, 6.45) is -7.53. The molecular weight excluding hydrogens is 760 g/mol. The Morgan fingerprint density at radius 1 is 0.830 bits per heavy atom. The maximum absolute atomic E-state index is 13.4. The first kappa shape index (κ1) is 35.3. The molecule has 1 fully saturated rings. The predicted octanol–water partition coefficient (Wildman–Crippen LogP) is 8.62. The van der Waals surface area contributed by atoms with E-state index in [9.17, 15) is 26.3 Å². The fourth-order valence-corrected chi connectivity index (χ4v) is 6.87. The van der Waals surface area contributed by atoms with Crippen molar-refractivity contribution < 1.29 is 35.8 Å². The number of alkyl halides is 6. The molecule has 5 rings (SSSR count). The number of hydrogen-bond acceptors (Lipinski definition) is 7. The molecule has 47 heavy (non-hydrogen) atoms. The number of halogens is 8. The molecule has 254 valence electrons. The van der Waals surface area contributed by atoms with E-state index in [0.29, 0.717) is 34.6 Å². The molecule has 1 aliphatic heterocycles. The largest absolute Gasteiger partial charge is 0.573 e. The molecule has 1 aliphatic carbocycles. The second-order valence-electron chi connectivity index (χ2n) is 11.8. The smallest absolute Gasteiger partial charge is 0.405 e. The summed E-state index contributed by atoms with van der Waals surface area (Å²) in [4.78, 5) is 8.71. The lowest BCUT2D eigenvalue weighted by atomic mass is 9.80. The van der Waals surface area contributed by atoms with Crippen molar-refractivity contribution in [3.63, 3.8) is 0 Å². The van der Waals surface area contributed by atoms with Crippen molar-refractivity contribution >= 4 is 43.4 Å². The Balaban J connectivity index is 1.43. The second kappa shape index (κ2) is 13.8. The van der Waals surface area contributed by atoms with Gasteiger partial charge in [-0.3, -0.25) is 10.6 Å². The molecule has 3 N–H and O–H groups in total. The number of para-hydroxylation sites is 1. The highest BCUT2D eigenvalue weighted by Gasteiger charge is 2.42. The molecule has 1 unspecified atom stereocenters. The van der Waals surface area contributed by atoms with Gasteiger partial charge in [-0.05, 0) is 62.1 Å². The number of aliphatic imine (C=N–C) groups is 1. The number of amidine groups is 1. The first-order chi connectivity index (χ1) is 22.0. The van der Waals surface area contributed by atoms with E-state index in [1.807, 2.05) is 48.2 Å². The molecule has 1 saturated carbocycles. The van der Waals surface area contributed by atoms with Crippen LogP contribution in [0.2, 0.25) is 0 Å². The van der Waals surface area contributed by atoms with Gasteiger partial charge in [0.15, 0.2) is 5.79 Å². The minimum atomic E-state index is -4.94. The summed E-state index contributed by atoms with van der Waals surface area (Å²) in [6.45, 7) is -0.0598. The van der Waals surface area contributed by atoms with Gasteiger partial charge in [-0.25, -0.2) is 4.99 Å². The van der Waals surface area contributed by atoms with Crippen LogP contribution in [0.15, 0.2) is 74.6 Å². The monoisotopic (exact) mass is 791 g/mol. The van der Waals surface area contributed by atoms with E-state index in [1.54, 1.807) is 12.1 Å². The Kier molecular flexibility index (Phi) is 10.4. The highest BCUT2D eigenvalue weighted by atomic mass is 79.9. The van der Waals surface area contributed by atoms with E-state index in [1.165, 1.54) is 24.3 Å². The van der Waals surface area contributed by atoms with Gasteiger partial charge in [0, 0.05) is 70.5 Å². The molecule has 0 bridgehead atoms. The molecule has 3 aromatic carbocycles. The van der Waals surface area contributed by atoms with E-state index in [4.69, 9.17) is 10.7 Å². The molecule has 2 aliphatic rings. The summed E-state index contributed by atoms with van der Waals surface area (Å²) in [5.74, 6) is -1.26. The van der Waals surface area contributed by atoms with E-state index < -0.39 is 30.0 Å². The van der Waals surface area contributed by atoms with Crippen molar-refractivity contribution in [3.05, 3.63) is 86.3 Å². The van der Waals surface area contributed by atoms with Crippen molar-refractivity contribution in [1.82, 2.24) is 9.80 Å². The quantitative estimate of drug-likeness (QED) is 0.223. The standard InChI is InChI=1S/C32H33Br2F6N5O2/c1-44(2)29-25-5-3-4-6-26(25)42-30(41,43-29)21-9-13-24(14-10-21)45(17-19-7-11-22(33)15-27(19)46-31(35,36)37)18-20-8-12-23(34)16-28(20)47-32(38,39)40/h3-8,11-12,15-16,21,24,42H,9-10,13-14,17-18,41H2,1-2H3. The minimum absolute atomic E-state index is 0.0299. The highest BCUT2D eigenvalue weighted by Crippen LogP contribution is 2.41. The van der Waals surface area contributed by atoms with Crippen molar-refractivity contribution in [2.45, 2.75) is 63.3 Å². The van der Waals surface area contributed by atoms with Gasteiger partial charge in [0.05, 0.1) is 0 Å². The third-order valence-electron chi connectivity index (χ3n) is 8.31. The summed E-state index contributed by atoms with van der Waals surface area (Å²) in [7, 11) is 3.79. The zero-order valence-electron chi connectivity index (χ0n) is 25.4. The molecule has 1 heterocycles. The fourth-order valence-electron chi connectivity index (χ4n) is 6.19. The van der Waals surface area contributed by atoms with Crippen LogP contribution in [0.1, 0.15) is 42.4 Å². The molecule has 0 aromatic heterocycles. The van der Waals surface area contributed by atoms with Crippen LogP contribution >= 0.6 is 31.9 Å². The molecule has 1 atom stereocenters. The molecule has 0 amide bonds. The SMILES string of the molecule is CN(C)C1=NC(N)(C2CCC(N(Cc3ccc(Br)cc3OC(F)(F)F)Cc3ccc(Br)cc3OC(F)(F)F)CC2)Nc2ccccc21. The van der Waals surface area contributed by atoms with Gasteiger partial charge < -0.3 is 19.7 Å². The van der Waals surface area contributed by atoms with Crippen molar-refractivity contribution in [3.8, 4) is 11.5 Å². The summed E-state index contributed by atoms with van der Waals surface area (Å²) in [5.41, 5.74) is 9.17. The summed E-state index contributed by atoms with van der Waals surface area (Å²) < 4.78 is 89.6. The Bertz CT molecular complexity index is 1540. The van der Waals surface area contributed by atoms with Crippen LogP contribution in [0.25, 0.3) is 0 Å². The van der Waals surface area contributed by atoms with Crippen molar-refractivity contribution in [2.75, 3.05) is 19.4 Å². The lowest BCUT2D eigenvalue weighted by molar-refractivity contribution is -0.275. The van der Waals surface area contributed by atoms with E-state index in [-0.39, 0.29) is 36.2 Å². The van der Waals surface area contributed by atoms with Crippen LogP contribution in [-0.2, 0) is 13.1 Å². The first-order valence-electron chi connectivity index (χ1n) is 14.8. The normalized spacial score (nSPS) is 21.5. The highest BCUT2D eigenvalue weighted by molar-refractivity contribution is 9.10. The number of hydrogen-bond donors (Lipinski definition) is 2. The van der Waals surface area contributed by atoms with Crippen LogP contribution in [0.4, 0.5) is 32.0 Å². The lowest BCUT2D eigenvalue weighted by Crippen LogP contribution is -2.57. The number of benzene rings is 3. The number of nitrogens with two attached hydrogens (primary N) is 1. The first-order valence-corrected chi connectivity index (χ1v) is 16.3. The fraction of sp³-hybridized carbons (Fsp3) is 0.406. The molecular formula is C32H33Br2F6N5O2. The van der Waals surface area contributed by atoms with E-state index >= 15 is 0 Å². The molecule has 0 spiro atoms. The summed E-state index contributed by atoms with van der Waals surface area (Å²) >= 11 is 6.39. The number of nitrogens with zero attached hydrogens (tertiary/aromatic N) is 3.